The molecule has 0 spiro atoms. The Balaban J connectivity index is 1.26. The van der Waals surface area contributed by atoms with E-state index in [-0.39, 0.29) is 11.6 Å². The van der Waals surface area contributed by atoms with Gasteiger partial charge in [-0.05, 0) is 51.1 Å². The van der Waals surface area contributed by atoms with Crippen molar-refractivity contribution in [2.75, 3.05) is 30.3 Å². The first-order valence-electron chi connectivity index (χ1n) is 9.41. The van der Waals surface area contributed by atoms with Gasteiger partial charge in [0.2, 0.25) is 5.13 Å². The number of ether oxygens (including phenoxy) is 1. The van der Waals surface area contributed by atoms with Crippen molar-refractivity contribution >= 4 is 39.9 Å². The van der Waals surface area contributed by atoms with Crippen LogP contribution in [0.4, 0.5) is 15.6 Å². The Morgan fingerprint density at radius 1 is 1.41 bits per heavy atom. The summed E-state index contributed by atoms with van der Waals surface area (Å²) in [4.78, 5) is 14.6. The van der Waals surface area contributed by atoms with E-state index in [0.717, 1.165) is 30.5 Å². The maximum atomic E-state index is 12.1. The number of benzene rings is 1. The van der Waals surface area contributed by atoms with E-state index in [9.17, 15) is 4.79 Å². The van der Waals surface area contributed by atoms with Gasteiger partial charge in [0.25, 0.3) is 0 Å². The molecule has 3 atom stereocenters. The Hall–Kier alpha value is -2.19. The fourth-order valence-corrected chi connectivity index (χ4v) is 5.45. The van der Waals surface area contributed by atoms with Crippen LogP contribution in [0.15, 0.2) is 28.6 Å². The molecule has 1 aromatic heterocycles. The standard InChI is InChI=1S/C19H22N6O2S2/c1-12(19(2)11-27-19)25-8-7-15(10-25)28-18-24-23-17(29-18)22-16(26)21-14-5-3-13(9-20)4-6-14/h3-6,12,15H,7-8,10-11H2,1-2H3,(H2,21,22,23,26). The number of carbonyl (C=O) groups excluding carboxylic acids is 1. The maximum absolute atomic E-state index is 12.1. The van der Waals surface area contributed by atoms with Crippen molar-refractivity contribution in [2.24, 2.45) is 0 Å². The fourth-order valence-electron chi connectivity index (χ4n) is 3.28. The van der Waals surface area contributed by atoms with Crippen LogP contribution in [0.2, 0.25) is 0 Å². The number of amides is 2. The van der Waals surface area contributed by atoms with Gasteiger partial charge in [0.1, 0.15) is 5.60 Å². The van der Waals surface area contributed by atoms with E-state index in [2.05, 4.69) is 39.6 Å². The first-order chi connectivity index (χ1) is 13.9. The zero-order valence-electron chi connectivity index (χ0n) is 16.2. The van der Waals surface area contributed by atoms with Gasteiger partial charge in [0, 0.05) is 23.5 Å². The molecule has 29 heavy (non-hydrogen) atoms. The Kier molecular flexibility index (Phi) is 5.74. The molecule has 2 N–H and O–H groups in total. The largest absolute Gasteiger partial charge is 0.368 e. The van der Waals surface area contributed by atoms with Crippen molar-refractivity contribution in [2.45, 2.75) is 41.5 Å². The van der Waals surface area contributed by atoms with Crippen LogP contribution in [0.25, 0.3) is 0 Å². The molecule has 2 aliphatic heterocycles. The van der Waals surface area contributed by atoms with Gasteiger partial charge in [0.05, 0.1) is 18.2 Å². The summed E-state index contributed by atoms with van der Waals surface area (Å²) >= 11 is 3.09. The molecule has 10 heteroatoms. The number of epoxide rings is 1. The van der Waals surface area contributed by atoms with E-state index in [0.29, 0.717) is 27.7 Å². The Bertz CT molecular complexity index is 922. The molecule has 3 heterocycles. The molecular formula is C19H22N6O2S2. The first-order valence-corrected chi connectivity index (χ1v) is 11.1. The van der Waals surface area contributed by atoms with E-state index >= 15 is 0 Å². The number of aromatic nitrogens is 2. The highest BCUT2D eigenvalue weighted by Crippen LogP contribution is 2.38. The van der Waals surface area contributed by atoms with Gasteiger partial charge in [-0.15, -0.1) is 10.2 Å². The van der Waals surface area contributed by atoms with Gasteiger partial charge in [-0.25, -0.2) is 4.79 Å². The molecule has 0 saturated carbocycles. The van der Waals surface area contributed by atoms with Crippen molar-refractivity contribution in [1.29, 1.82) is 5.26 Å². The molecule has 2 amide bonds. The van der Waals surface area contributed by atoms with Gasteiger partial charge in [-0.2, -0.15) is 5.26 Å². The average molecular weight is 431 g/mol. The molecule has 0 aliphatic carbocycles. The van der Waals surface area contributed by atoms with Crippen LogP contribution >= 0.6 is 23.1 Å². The van der Waals surface area contributed by atoms with Crippen molar-refractivity contribution in [3.8, 4) is 6.07 Å². The lowest BCUT2D eigenvalue weighted by Crippen LogP contribution is -2.41. The monoisotopic (exact) mass is 430 g/mol. The van der Waals surface area contributed by atoms with Crippen LogP contribution in [0.5, 0.6) is 0 Å². The third-order valence-corrected chi connectivity index (χ3v) is 7.55. The number of hydrogen-bond acceptors (Lipinski definition) is 8. The zero-order valence-corrected chi connectivity index (χ0v) is 17.8. The second kappa shape index (κ2) is 8.28. The average Bonchev–Trinajstić information content (AvgIpc) is 3.10. The Morgan fingerprint density at radius 3 is 2.86 bits per heavy atom. The van der Waals surface area contributed by atoms with E-state index in [4.69, 9.17) is 10.00 Å². The number of urea groups is 1. The minimum Gasteiger partial charge on any atom is -0.368 e. The molecule has 0 radical (unpaired) electrons. The van der Waals surface area contributed by atoms with Crippen LogP contribution in [-0.4, -0.2) is 57.7 Å². The Labute approximate surface area is 177 Å². The minimum absolute atomic E-state index is 0.0155. The third-order valence-electron chi connectivity index (χ3n) is 5.37. The number of likely N-dealkylation sites (tertiary alicyclic amines) is 1. The molecule has 8 nitrogen and oxygen atoms in total. The lowest BCUT2D eigenvalue weighted by Gasteiger charge is -2.27. The highest BCUT2D eigenvalue weighted by Gasteiger charge is 2.48. The normalized spacial score (nSPS) is 24.7. The maximum Gasteiger partial charge on any atom is 0.325 e. The summed E-state index contributed by atoms with van der Waals surface area (Å²) in [6.45, 7) is 7.32. The quantitative estimate of drug-likeness (QED) is 0.534. The number of rotatable bonds is 6. The number of carbonyl (C=O) groups is 1. The summed E-state index contributed by atoms with van der Waals surface area (Å²) in [5.74, 6) is 0. The molecule has 3 unspecified atom stereocenters. The zero-order chi connectivity index (χ0) is 20.4. The number of nitriles is 1. The first kappa shape index (κ1) is 20.1. The second-order valence-corrected chi connectivity index (χ2v) is 9.97. The number of anilines is 2. The molecule has 2 fully saturated rings. The number of hydrogen-bond donors (Lipinski definition) is 2. The molecule has 0 bridgehead atoms. The van der Waals surface area contributed by atoms with Crippen molar-refractivity contribution in [3.63, 3.8) is 0 Å². The summed E-state index contributed by atoms with van der Waals surface area (Å²) in [6, 6.07) is 8.74. The van der Waals surface area contributed by atoms with Crippen molar-refractivity contribution < 1.29 is 9.53 Å². The topological polar surface area (TPSA) is 106 Å². The molecule has 4 rings (SSSR count). The van der Waals surface area contributed by atoms with E-state index in [1.54, 1.807) is 36.0 Å². The summed E-state index contributed by atoms with van der Waals surface area (Å²) < 4.78 is 6.44. The molecule has 2 saturated heterocycles. The predicted molar refractivity (Wildman–Crippen MR) is 113 cm³/mol. The molecule has 1 aromatic carbocycles. The van der Waals surface area contributed by atoms with Crippen LogP contribution in [0.3, 0.4) is 0 Å². The van der Waals surface area contributed by atoms with Gasteiger partial charge in [0.15, 0.2) is 4.34 Å². The summed E-state index contributed by atoms with van der Waals surface area (Å²) in [5, 5.41) is 23.4. The summed E-state index contributed by atoms with van der Waals surface area (Å²) in [5.41, 5.74) is 1.16. The number of nitrogens with one attached hydrogen (secondary N) is 2. The smallest absolute Gasteiger partial charge is 0.325 e. The highest BCUT2D eigenvalue weighted by molar-refractivity contribution is 8.01. The van der Waals surface area contributed by atoms with Gasteiger partial charge in [-0.1, -0.05) is 23.1 Å². The van der Waals surface area contributed by atoms with Crippen LogP contribution < -0.4 is 10.6 Å². The number of thioether (sulfide) groups is 1. The van der Waals surface area contributed by atoms with Gasteiger partial charge < -0.3 is 10.1 Å². The SMILES string of the molecule is CC(N1CCC(Sc2nnc(NC(=O)Nc3ccc(C#N)cc3)s2)C1)C1(C)CO1. The third kappa shape index (κ3) is 4.87. The van der Waals surface area contributed by atoms with Crippen LogP contribution in [-0.2, 0) is 4.74 Å². The Morgan fingerprint density at radius 2 is 2.17 bits per heavy atom. The minimum atomic E-state index is -0.388. The van der Waals surface area contributed by atoms with Crippen LogP contribution in [0, 0.1) is 11.3 Å². The van der Waals surface area contributed by atoms with Crippen LogP contribution in [0.1, 0.15) is 25.8 Å². The molecule has 2 aromatic rings. The van der Waals surface area contributed by atoms with Crippen molar-refractivity contribution in [3.05, 3.63) is 29.8 Å². The lowest BCUT2D eigenvalue weighted by molar-refractivity contribution is 0.154. The summed E-state index contributed by atoms with van der Waals surface area (Å²) in [6.07, 6.45) is 1.10. The van der Waals surface area contributed by atoms with E-state index in [1.165, 1.54) is 11.3 Å². The highest BCUT2D eigenvalue weighted by atomic mass is 32.2. The second-order valence-electron chi connectivity index (χ2n) is 7.44. The molecular weight excluding hydrogens is 408 g/mol. The van der Waals surface area contributed by atoms with E-state index < -0.39 is 0 Å². The number of nitrogens with zero attached hydrogens (tertiary/aromatic N) is 4. The van der Waals surface area contributed by atoms with Crippen molar-refractivity contribution in [1.82, 2.24) is 15.1 Å². The fraction of sp³-hybridized carbons (Fsp3) is 0.474. The lowest BCUT2D eigenvalue weighted by atomic mass is 10.0. The van der Waals surface area contributed by atoms with Gasteiger partial charge in [-0.3, -0.25) is 10.2 Å². The molecule has 152 valence electrons. The summed E-state index contributed by atoms with van der Waals surface area (Å²) in [7, 11) is 0. The van der Waals surface area contributed by atoms with E-state index in [1.807, 2.05) is 6.07 Å². The van der Waals surface area contributed by atoms with Gasteiger partial charge >= 0.3 is 6.03 Å². The predicted octanol–water partition coefficient (Wildman–Crippen LogP) is 3.40. The molecule has 2 aliphatic rings.